The molecule has 2 N–H and O–H groups in total. The Labute approximate surface area is 221 Å². The lowest BCUT2D eigenvalue weighted by atomic mass is 9.91. The van der Waals surface area contributed by atoms with Gasteiger partial charge in [-0.2, -0.15) is 5.10 Å². The van der Waals surface area contributed by atoms with Gasteiger partial charge in [0.2, 0.25) is 12.7 Å². The van der Waals surface area contributed by atoms with Gasteiger partial charge in [0.05, 0.1) is 38.5 Å². The number of rotatable bonds is 12. The standard InChI is InChI=1S/C28H34N4O6/c1-2-35-27(34)16-21(20-6-8-24-25(15-20)38-18-37-24)14-23-17-26(32(31-23)11-12-33)36-13-9-22-7-5-19-4-3-10-29-28(19)30-22/h5-8,15,17,21,33H,2-4,9-14,16,18H2,1H3,(H,29,30). The molecule has 2 aliphatic heterocycles. The molecule has 1 aromatic carbocycles. The normalized spacial score (nSPS) is 14.5. The van der Waals surface area contributed by atoms with Crippen LogP contribution in [-0.2, 0) is 35.3 Å². The molecule has 3 aromatic rings. The molecular formula is C28H34N4O6. The minimum absolute atomic E-state index is 0.0655. The summed E-state index contributed by atoms with van der Waals surface area (Å²) in [7, 11) is 0. The number of fused-ring (bicyclic) bond motifs is 2. The van der Waals surface area contributed by atoms with E-state index in [0.717, 1.165) is 42.2 Å². The third kappa shape index (κ3) is 6.19. The van der Waals surface area contributed by atoms with Gasteiger partial charge in [-0.15, -0.1) is 0 Å². The van der Waals surface area contributed by atoms with Gasteiger partial charge in [-0.05, 0) is 55.5 Å². The highest BCUT2D eigenvalue weighted by Gasteiger charge is 2.23. The first-order valence-corrected chi connectivity index (χ1v) is 13.2. The SMILES string of the molecule is CCOC(=O)CC(Cc1cc(OCCc2ccc3c(n2)NCCC3)n(CCO)n1)c1ccc2c(c1)OCO2. The molecule has 0 radical (unpaired) electrons. The summed E-state index contributed by atoms with van der Waals surface area (Å²) in [6.07, 6.45) is 3.53. The summed E-state index contributed by atoms with van der Waals surface area (Å²) in [6, 6.07) is 11.8. The molecule has 1 atom stereocenters. The van der Waals surface area contributed by atoms with Crippen LogP contribution in [0.1, 0.15) is 48.2 Å². The Morgan fingerprint density at radius 1 is 1.18 bits per heavy atom. The average Bonchev–Trinajstić information content (AvgIpc) is 3.55. The molecule has 0 bridgehead atoms. The first-order valence-electron chi connectivity index (χ1n) is 13.2. The van der Waals surface area contributed by atoms with Crippen molar-refractivity contribution >= 4 is 11.8 Å². The fraction of sp³-hybridized carbons (Fsp3) is 0.464. The van der Waals surface area contributed by atoms with Crippen LogP contribution in [0.3, 0.4) is 0 Å². The maximum atomic E-state index is 12.4. The Balaban J connectivity index is 1.29. The monoisotopic (exact) mass is 522 g/mol. The highest BCUT2D eigenvalue weighted by Crippen LogP contribution is 2.36. The number of benzene rings is 1. The molecule has 10 nitrogen and oxygen atoms in total. The Morgan fingerprint density at radius 2 is 2.08 bits per heavy atom. The van der Waals surface area contributed by atoms with Gasteiger partial charge < -0.3 is 29.4 Å². The minimum Gasteiger partial charge on any atom is -0.477 e. The zero-order chi connectivity index (χ0) is 26.3. The number of anilines is 1. The van der Waals surface area contributed by atoms with Crippen molar-refractivity contribution in [3.63, 3.8) is 0 Å². The molecule has 38 heavy (non-hydrogen) atoms. The Morgan fingerprint density at radius 3 is 2.95 bits per heavy atom. The van der Waals surface area contributed by atoms with E-state index in [1.54, 1.807) is 11.6 Å². The third-order valence-corrected chi connectivity index (χ3v) is 6.71. The molecule has 202 valence electrons. The van der Waals surface area contributed by atoms with E-state index in [4.69, 9.17) is 23.9 Å². The molecule has 10 heteroatoms. The second-order valence-corrected chi connectivity index (χ2v) is 9.38. The summed E-state index contributed by atoms with van der Waals surface area (Å²) in [5.41, 5.74) is 3.92. The first kappa shape index (κ1) is 25.8. The molecule has 2 aliphatic rings. The number of hydrogen-bond acceptors (Lipinski definition) is 9. The van der Waals surface area contributed by atoms with E-state index in [9.17, 15) is 9.90 Å². The van der Waals surface area contributed by atoms with Crippen molar-refractivity contribution in [3.8, 4) is 17.4 Å². The van der Waals surface area contributed by atoms with Crippen molar-refractivity contribution in [2.75, 3.05) is 38.5 Å². The molecule has 1 unspecified atom stereocenters. The average molecular weight is 523 g/mol. The van der Waals surface area contributed by atoms with Gasteiger partial charge in [0, 0.05) is 30.6 Å². The number of nitrogens with zero attached hydrogens (tertiary/aromatic N) is 3. The van der Waals surface area contributed by atoms with Gasteiger partial charge in [0.25, 0.3) is 0 Å². The van der Waals surface area contributed by atoms with E-state index >= 15 is 0 Å². The third-order valence-electron chi connectivity index (χ3n) is 6.71. The van der Waals surface area contributed by atoms with E-state index in [0.29, 0.717) is 50.0 Å². The highest BCUT2D eigenvalue weighted by atomic mass is 16.7. The molecular weight excluding hydrogens is 488 g/mol. The minimum atomic E-state index is -0.270. The predicted molar refractivity (Wildman–Crippen MR) is 140 cm³/mol. The number of esters is 1. The van der Waals surface area contributed by atoms with Crippen LogP contribution in [0, 0.1) is 0 Å². The van der Waals surface area contributed by atoms with E-state index in [-0.39, 0.29) is 31.7 Å². The molecule has 2 aromatic heterocycles. The van der Waals surface area contributed by atoms with Crippen LogP contribution in [0.25, 0.3) is 0 Å². The first-order chi connectivity index (χ1) is 18.6. The second-order valence-electron chi connectivity index (χ2n) is 9.38. The number of ether oxygens (including phenoxy) is 4. The molecule has 0 aliphatic carbocycles. The van der Waals surface area contributed by atoms with Gasteiger partial charge in [-0.3, -0.25) is 4.79 Å². The van der Waals surface area contributed by atoms with Crippen LogP contribution < -0.4 is 19.5 Å². The van der Waals surface area contributed by atoms with Gasteiger partial charge in [-0.25, -0.2) is 9.67 Å². The van der Waals surface area contributed by atoms with Crippen LogP contribution in [0.5, 0.6) is 17.4 Å². The van der Waals surface area contributed by atoms with Gasteiger partial charge in [-0.1, -0.05) is 12.1 Å². The van der Waals surface area contributed by atoms with Crippen molar-refractivity contribution in [1.82, 2.24) is 14.8 Å². The highest BCUT2D eigenvalue weighted by molar-refractivity contribution is 5.70. The lowest BCUT2D eigenvalue weighted by molar-refractivity contribution is -0.143. The number of pyridine rings is 1. The van der Waals surface area contributed by atoms with E-state index in [1.807, 2.05) is 24.3 Å². The van der Waals surface area contributed by atoms with Crippen LogP contribution in [0.4, 0.5) is 5.82 Å². The number of aryl methyl sites for hydroxylation is 1. The van der Waals surface area contributed by atoms with E-state index in [1.165, 1.54) is 5.56 Å². The van der Waals surface area contributed by atoms with Crippen molar-refractivity contribution in [1.29, 1.82) is 0 Å². The van der Waals surface area contributed by atoms with Crippen LogP contribution >= 0.6 is 0 Å². The predicted octanol–water partition coefficient (Wildman–Crippen LogP) is 3.26. The Bertz CT molecular complexity index is 1260. The fourth-order valence-corrected chi connectivity index (χ4v) is 4.84. The number of aromatic nitrogens is 3. The number of nitrogens with one attached hydrogen (secondary N) is 1. The largest absolute Gasteiger partial charge is 0.477 e. The second kappa shape index (κ2) is 12.2. The fourth-order valence-electron chi connectivity index (χ4n) is 4.84. The van der Waals surface area contributed by atoms with Gasteiger partial charge >= 0.3 is 5.97 Å². The Hall–Kier alpha value is -3.79. The molecule has 0 amide bonds. The molecule has 0 saturated carbocycles. The van der Waals surface area contributed by atoms with E-state index < -0.39 is 0 Å². The van der Waals surface area contributed by atoms with Gasteiger partial charge in [0.15, 0.2) is 11.5 Å². The topological polar surface area (TPSA) is 117 Å². The summed E-state index contributed by atoms with van der Waals surface area (Å²) < 4.78 is 24.0. The van der Waals surface area contributed by atoms with Crippen LogP contribution in [0.2, 0.25) is 0 Å². The lowest BCUT2D eigenvalue weighted by Crippen LogP contribution is -2.15. The lowest BCUT2D eigenvalue weighted by Gasteiger charge is -2.17. The molecule has 0 spiro atoms. The summed E-state index contributed by atoms with van der Waals surface area (Å²) in [4.78, 5) is 17.2. The molecule has 0 fully saturated rings. The number of carbonyl (C=O) groups is 1. The number of aliphatic hydroxyl groups excluding tert-OH is 1. The zero-order valence-electron chi connectivity index (χ0n) is 21.6. The molecule has 5 rings (SSSR count). The van der Waals surface area contributed by atoms with Crippen molar-refractivity contribution < 1.29 is 28.8 Å². The summed E-state index contributed by atoms with van der Waals surface area (Å²) >= 11 is 0. The van der Waals surface area contributed by atoms with Crippen molar-refractivity contribution in [3.05, 3.63) is 58.9 Å². The number of aliphatic hydroxyl groups is 1. The number of carbonyl (C=O) groups excluding carboxylic acids is 1. The van der Waals surface area contributed by atoms with E-state index in [2.05, 4.69) is 22.5 Å². The Kier molecular flexibility index (Phi) is 8.28. The van der Waals surface area contributed by atoms with Crippen molar-refractivity contribution in [2.24, 2.45) is 0 Å². The quantitative estimate of drug-likeness (QED) is 0.346. The van der Waals surface area contributed by atoms with Gasteiger partial charge in [0.1, 0.15) is 5.82 Å². The summed E-state index contributed by atoms with van der Waals surface area (Å²) in [5.74, 6) is 2.45. The number of hydrogen-bond donors (Lipinski definition) is 2. The van der Waals surface area contributed by atoms with Crippen molar-refractivity contribution in [2.45, 2.75) is 51.5 Å². The maximum Gasteiger partial charge on any atom is 0.306 e. The molecule has 0 saturated heterocycles. The summed E-state index contributed by atoms with van der Waals surface area (Å²) in [5, 5.41) is 17.6. The summed E-state index contributed by atoms with van der Waals surface area (Å²) in [6.45, 7) is 3.93. The van der Waals surface area contributed by atoms with Crippen LogP contribution in [0.15, 0.2) is 36.4 Å². The smallest absolute Gasteiger partial charge is 0.306 e. The van der Waals surface area contributed by atoms with Crippen LogP contribution in [-0.4, -0.2) is 59.0 Å². The maximum absolute atomic E-state index is 12.4. The zero-order valence-corrected chi connectivity index (χ0v) is 21.6. The molecule has 4 heterocycles.